The van der Waals surface area contributed by atoms with Crippen LogP contribution in [0.15, 0.2) is 79.0 Å². The lowest BCUT2D eigenvalue weighted by Crippen LogP contribution is -2.33. The van der Waals surface area contributed by atoms with Gasteiger partial charge in [0.05, 0.1) is 17.3 Å². The third-order valence-electron chi connectivity index (χ3n) is 3.84. The molecule has 0 radical (unpaired) electrons. The van der Waals surface area contributed by atoms with Gasteiger partial charge >= 0.3 is 12.2 Å². The highest BCUT2D eigenvalue weighted by Gasteiger charge is 2.30. The van der Waals surface area contributed by atoms with Crippen LogP contribution in [0.1, 0.15) is 22.9 Å². The van der Waals surface area contributed by atoms with Crippen molar-refractivity contribution < 1.29 is 18.0 Å². The first-order valence-corrected chi connectivity index (χ1v) is 8.14. The summed E-state index contributed by atoms with van der Waals surface area (Å²) in [6.45, 7) is 0. The fourth-order valence-electron chi connectivity index (χ4n) is 2.59. The minimum Gasteiger partial charge on any atom is -0.325 e. The molecule has 0 aliphatic rings. The predicted octanol–water partition coefficient (Wildman–Crippen LogP) is 5.01. The molecule has 1 heterocycles. The van der Waals surface area contributed by atoms with Crippen LogP contribution in [-0.2, 0) is 6.18 Å². The minimum absolute atomic E-state index is 0.0511. The molecular formula is C20H16F3N3O. The molecule has 2 amide bonds. The molecule has 0 saturated carbocycles. The largest absolute Gasteiger partial charge is 0.416 e. The van der Waals surface area contributed by atoms with Crippen molar-refractivity contribution in [2.24, 2.45) is 0 Å². The number of aromatic nitrogens is 1. The third-order valence-corrected chi connectivity index (χ3v) is 3.84. The number of rotatable bonds is 4. The summed E-state index contributed by atoms with van der Waals surface area (Å²) in [4.78, 5) is 16.7. The Kier molecular flexibility index (Phi) is 5.40. The van der Waals surface area contributed by atoms with Crippen molar-refractivity contribution in [1.82, 2.24) is 10.3 Å². The van der Waals surface area contributed by atoms with Crippen LogP contribution in [0.5, 0.6) is 0 Å². The Balaban J connectivity index is 1.80. The highest BCUT2D eigenvalue weighted by Crippen LogP contribution is 2.30. The van der Waals surface area contributed by atoms with E-state index in [2.05, 4.69) is 15.6 Å². The second kappa shape index (κ2) is 7.90. The average Bonchev–Trinajstić information content (AvgIpc) is 2.67. The molecule has 2 N–H and O–H groups in total. The second-order valence-corrected chi connectivity index (χ2v) is 5.78. The van der Waals surface area contributed by atoms with Gasteiger partial charge in [-0.05, 0) is 35.9 Å². The normalized spacial score (nSPS) is 12.3. The van der Waals surface area contributed by atoms with Crippen molar-refractivity contribution in [2.75, 3.05) is 5.32 Å². The Bertz CT molecular complexity index is 860. The number of pyridine rings is 1. The fourth-order valence-corrected chi connectivity index (χ4v) is 2.59. The number of nitrogens with one attached hydrogen (secondary N) is 2. The average molecular weight is 371 g/mol. The highest BCUT2D eigenvalue weighted by molar-refractivity contribution is 5.89. The zero-order chi connectivity index (χ0) is 19.3. The number of urea groups is 1. The summed E-state index contributed by atoms with van der Waals surface area (Å²) in [5, 5.41) is 5.21. The van der Waals surface area contributed by atoms with Crippen LogP contribution in [0.4, 0.5) is 23.7 Å². The van der Waals surface area contributed by atoms with Gasteiger partial charge in [-0.15, -0.1) is 0 Å². The predicted molar refractivity (Wildman–Crippen MR) is 96.1 cm³/mol. The Hall–Kier alpha value is -3.35. The van der Waals surface area contributed by atoms with E-state index in [-0.39, 0.29) is 5.69 Å². The molecule has 0 aliphatic heterocycles. The topological polar surface area (TPSA) is 54.0 Å². The van der Waals surface area contributed by atoms with Crippen molar-refractivity contribution in [3.05, 3.63) is 95.8 Å². The van der Waals surface area contributed by atoms with Crippen LogP contribution in [0.3, 0.4) is 0 Å². The molecule has 1 unspecified atom stereocenters. The molecule has 7 heteroatoms. The van der Waals surface area contributed by atoms with Crippen LogP contribution in [0.2, 0.25) is 0 Å². The quantitative estimate of drug-likeness (QED) is 0.677. The van der Waals surface area contributed by atoms with Crippen LogP contribution in [-0.4, -0.2) is 11.0 Å². The van der Waals surface area contributed by atoms with Gasteiger partial charge in [-0.1, -0.05) is 42.5 Å². The van der Waals surface area contributed by atoms with Crippen LogP contribution >= 0.6 is 0 Å². The Morgan fingerprint density at radius 2 is 1.67 bits per heavy atom. The zero-order valence-electron chi connectivity index (χ0n) is 14.1. The summed E-state index contributed by atoms with van der Waals surface area (Å²) >= 11 is 0. The lowest BCUT2D eigenvalue weighted by atomic mass is 10.0. The number of carbonyl (C=O) groups is 1. The molecule has 1 aromatic heterocycles. The highest BCUT2D eigenvalue weighted by atomic mass is 19.4. The van der Waals surface area contributed by atoms with E-state index < -0.39 is 23.8 Å². The van der Waals surface area contributed by atoms with Gasteiger partial charge in [-0.25, -0.2) is 4.79 Å². The van der Waals surface area contributed by atoms with Gasteiger partial charge in [-0.2, -0.15) is 13.2 Å². The van der Waals surface area contributed by atoms with Gasteiger partial charge in [0.25, 0.3) is 0 Å². The molecule has 0 fully saturated rings. The summed E-state index contributed by atoms with van der Waals surface area (Å²) in [5.74, 6) is 0. The van der Waals surface area contributed by atoms with Crippen molar-refractivity contribution in [3.63, 3.8) is 0 Å². The smallest absolute Gasteiger partial charge is 0.325 e. The first kappa shape index (κ1) is 18.4. The lowest BCUT2D eigenvalue weighted by molar-refractivity contribution is -0.137. The van der Waals surface area contributed by atoms with Crippen molar-refractivity contribution in [1.29, 1.82) is 0 Å². The molecule has 27 heavy (non-hydrogen) atoms. The van der Waals surface area contributed by atoms with E-state index in [1.54, 1.807) is 24.4 Å². The number of carbonyl (C=O) groups excluding carboxylic acids is 1. The summed E-state index contributed by atoms with van der Waals surface area (Å²) in [5.41, 5.74) is 0.637. The van der Waals surface area contributed by atoms with Gasteiger partial charge in [0.2, 0.25) is 0 Å². The van der Waals surface area contributed by atoms with E-state index in [1.807, 2.05) is 30.3 Å². The van der Waals surface area contributed by atoms with Gasteiger partial charge in [0.15, 0.2) is 0 Å². The van der Waals surface area contributed by atoms with Crippen LogP contribution in [0, 0.1) is 0 Å². The van der Waals surface area contributed by atoms with Crippen molar-refractivity contribution in [3.8, 4) is 0 Å². The van der Waals surface area contributed by atoms with E-state index in [9.17, 15) is 18.0 Å². The number of alkyl halides is 3. The minimum atomic E-state index is -4.48. The van der Waals surface area contributed by atoms with E-state index in [4.69, 9.17) is 0 Å². The monoisotopic (exact) mass is 371 g/mol. The summed E-state index contributed by atoms with van der Waals surface area (Å²) in [6.07, 6.45) is -2.87. The zero-order valence-corrected chi connectivity index (χ0v) is 14.1. The number of benzene rings is 2. The SMILES string of the molecule is O=C(Nc1cccc(C(F)(F)F)c1)NC(c1ccccc1)c1ccccn1. The number of amides is 2. The van der Waals surface area contributed by atoms with E-state index in [1.165, 1.54) is 12.1 Å². The number of hydrogen-bond donors (Lipinski definition) is 2. The fraction of sp³-hybridized carbons (Fsp3) is 0.100. The Morgan fingerprint density at radius 1 is 0.926 bits per heavy atom. The summed E-state index contributed by atoms with van der Waals surface area (Å²) < 4.78 is 38.5. The first-order valence-electron chi connectivity index (χ1n) is 8.14. The Labute approximate surface area is 154 Å². The maximum Gasteiger partial charge on any atom is 0.416 e. The van der Waals surface area contributed by atoms with Crippen molar-refractivity contribution >= 4 is 11.7 Å². The molecule has 0 bridgehead atoms. The standard InChI is InChI=1S/C20H16F3N3O/c21-20(22,23)15-9-6-10-16(13-15)25-19(27)26-18(14-7-2-1-3-8-14)17-11-4-5-12-24-17/h1-13,18H,(H2,25,26,27). The van der Waals surface area contributed by atoms with Gasteiger partial charge in [0, 0.05) is 11.9 Å². The molecule has 0 saturated heterocycles. The molecule has 1 atom stereocenters. The van der Waals surface area contributed by atoms with Crippen LogP contribution < -0.4 is 10.6 Å². The van der Waals surface area contributed by atoms with Crippen LogP contribution in [0.25, 0.3) is 0 Å². The molecule has 0 spiro atoms. The number of halogens is 3. The van der Waals surface area contributed by atoms with E-state index in [0.717, 1.165) is 17.7 Å². The second-order valence-electron chi connectivity index (χ2n) is 5.78. The molecule has 0 aliphatic carbocycles. The number of anilines is 1. The molecular weight excluding hydrogens is 355 g/mol. The molecule has 4 nitrogen and oxygen atoms in total. The van der Waals surface area contributed by atoms with E-state index >= 15 is 0 Å². The molecule has 3 rings (SSSR count). The van der Waals surface area contributed by atoms with Crippen molar-refractivity contribution in [2.45, 2.75) is 12.2 Å². The van der Waals surface area contributed by atoms with Gasteiger partial charge in [-0.3, -0.25) is 4.98 Å². The molecule has 2 aromatic carbocycles. The van der Waals surface area contributed by atoms with Gasteiger partial charge < -0.3 is 10.6 Å². The molecule has 3 aromatic rings. The Morgan fingerprint density at radius 3 is 2.33 bits per heavy atom. The molecule has 138 valence electrons. The third kappa shape index (κ3) is 4.84. The summed E-state index contributed by atoms with van der Waals surface area (Å²) in [6, 6.07) is 17.8. The summed E-state index contributed by atoms with van der Waals surface area (Å²) in [7, 11) is 0. The van der Waals surface area contributed by atoms with Gasteiger partial charge in [0.1, 0.15) is 0 Å². The van der Waals surface area contributed by atoms with E-state index in [0.29, 0.717) is 5.69 Å². The lowest BCUT2D eigenvalue weighted by Gasteiger charge is -2.19. The maximum absolute atomic E-state index is 12.8. The first-order chi connectivity index (χ1) is 12.9. The number of hydrogen-bond acceptors (Lipinski definition) is 2. The number of nitrogens with zero attached hydrogens (tertiary/aromatic N) is 1. The maximum atomic E-state index is 12.8.